The first-order chi connectivity index (χ1) is 13.4. The number of nitrogens with one attached hydrogen (secondary N) is 1. The van der Waals surface area contributed by atoms with Gasteiger partial charge in [0.15, 0.2) is 11.5 Å². The lowest BCUT2D eigenvalue weighted by Crippen LogP contribution is -2.53. The Hall–Kier alpha value is -2.81. The summed E-state index contributed by atoms with van der Waals surface area (Å²) in [6.07, 6.45) is 1.42. The van der Waals surface area contributed by atoms with Crippen molar-refractivity contribution in [3.8, 4) is 11.3 Å². The second-order valence-electron chi connectivity index (χ2n) is 6.81. The van der Waals surface area contributed by atoms with E-state index in [4.69, 9.17) is 4.52 Å². The molecule has 0 radical (unpaired) electrons. The van der Waals surface area contributed by atoms with E-state index in [9.17, 15) is 23.5 Å². The van der Waals surface area contributed by atoms with Gasteiger partial charge in [-0.25, -0.2) is 8.78 Å². The summed E-state index contributed by atoms with van der Waals surface area (Å²) in [5.74, 6) is -3.89. The molecule has 2 atom stereocenters. The van der Waals surface area contributed by atoms with Crippen LogP contribution in [0.25, 0.3) is 11.3 Å². The molecule has 1 aromatic heterocycles. The van der Waals surface area contributed by atoms with Crippen LogP contribution in [0.5, 0.6) is 0 Å². The minimum atomic E-state index is -0.972. The van der Waals surface area contributed by atoms with Crippen molar-refractivity contribution >= 4 is 11.9 Å². The number of aliphatic carboxylic acids is 1. The Balaban J connectivity index is 1.71. The maximum absolute atomic E-state index is 13.9. The molecule has 1 aliphatic rings. The van der Waals surface area contributed by atoms with E-state index in [0.717, 1.165) is 19.0 Å². The molecule has 1 saturated heterocycles. The number of carboxylic acids is 1. The molecule has 9 heteroatoms. The minimum Gasteiger partial charge on any atom is -0.481 e. The highest BCUT2D eigenvalue weighted by atomic mass is 19.1. The predicted octanol–water partition coefficient (Wildman–Crippen LogP) is 2.53. The highest BCUT2D eigenvalue weighted by Crippen LogP contribution is 2.25. The summed E-state index contributed by atoms with van der Waals surface area (Å²) in [6.45, 7) is 3.88. The number of benzene rings is 1. The lowest BCUT2D eigenvalue weighted by molar-refractivity contribution is -0.144. The number of nitrogens with zero attached hydrogens (tertiary/aromatic N) is 2. The van der Waals surface area contributed by atoms with Crippen molar-refractivity contribution in [2.45, 2.75) is 25.8 Å². The Kier molecular flexibility index (Phi) is 6.03. The Morgan fingerprint density at radius 1 is 1.36 bits per heavy atom. The van der Waals surface area contributed by atoms with Crippen LogP contribution in [0.1, 0.15) is 30.3 Å². The first-order valence-corrected chi connectivity index (χ1v) is 9.07. The van der Waals surface area contributed by atoms with Gasteiger partial charge in [-0.3, -0.25) is 9.59 Å². The van der Waals surface area contributed by atoms with Gasteiger partial charge in [0.05, 0.1) is 11.5 Å². The Labute approximate surface area is 160 Å². The predicted molar refractivity (Wildman–Crippen MR) is 95.6 cm³/mol. The van der Waals surface area contributed by atoms with Gasteiger partial charge in [0, 0.05) is 31.3 Å². The fraction of sp³-hybridized carbons (Fsp3) is 0.421. The molecule has 2 N–H and O–H groups in total. The fourth-order valence-electron chi connectivity index (χ4n) is 3.40. The van der Waals surface area contributed by atoms with E-state index in [0.29, 0.717) is 25.6 Å². The average molecular weight is 393 g/mol. The highest BCUT2D eigenvalue weighted by Gasteiger charge is 2.35. The third-order valence-electron chi connectivity index (χ3n) is 4.81. The molecule has 28 heavy (non-hydrogen) atoms. The Morgan fingerprint density at radius 3 is 2.82 bits per heavy atom. The van der Waals surface area contributed by atoms with Crippen molar-refractivity contribution in [1.82, 2.24) is 15.4 Å². The van der Waals surface area contributed by atoms with E-state index in [1.54, 1.807) is 0 Å². The zero-order valence-corrected chi connectivity index (χ0v) is 15.3. The third kappa shape index (κ3) is 4.36. The number of amides is 1. The van der Waals surface area contributed by atoms with E-state index in [1.807, 2.05) is 6.92 Å². The number of carbonyl (C=O) groups is 2. The molecular formula is C19H21F2N3O4. The molecule has 0 spiro atoms. The maximum atomic E-state index is 13.9. The monoisotopic (exact) mass is 393 g/mol. The minimum absolute atomic E-state index is 0.0183. The van der Waals surface area contributed by atoms with Crippen LogP contribution in [0.3, 0.4) is 0 Å². The van der Waals surface area contributed by atoms with Crippen LogP contribution >= 0.6 is 0 Å². The van der Waals surface area contributed by atoms with Crippen LogP contribution in [-0.2, 0) is 4.79 Å². The number of hydrogen-bond donors (Lipinski definition) is 2. The van der Waals surface area contributed by atoms with Gasteiger partial charge in [0.25, 0.3) is 5.91 Å². The van der Waals surface area contributed by atoms with Crippen LogP contribution in [-0.4, -0.2) is 52.7 Å². The van der Waals surface area contributed by atoms with Crippen molar-refractivity contribution in [3.05, 3.63) is 41.6 Å². The van der Waals surface area contributed by atoms with E-state index in [2.05, 4.69) is 15.4 Å². The lowest BCUT2D eigenvalue weighted by Gasteiger charge is -2.36. The largest absolute Gasteiger partial charge is 0.481 e. The van der Waals surface area contributed by atoms with Crippen molar-refractivity contribution < 1.29 is 28.0 Å². The van der Waals surface area contributed by atoms with E-state index in [-0.39, 0.29) is 17.0 Å². The van der Waals surface area contributed by atoms with Crippen molar-refractivity contribution in [1.29, 1.82) is 0 Å². The van der Waals surface area contributed by atoms with Crippen molar-refractivity contribution in [2.24, 2.45) is 5.92 Å². The first-order valence-electron chi connectivity index (χ1n) is 9.07. The van der Waals surface area contributed by atoms with E-state index in [1.165, 1.54) is 12.1 Å². The molecule has 0 unspecified atom stereocenters. The molecule has 1 aromatic carbocycles. The molecule has 1 fully saturated rings. The van der Waals surface area contributed by atoms with Crippen LogP contribution in [0.4, 0.5) is 8.78 Å². The van der Waals surface area contributed by atoms with E-state index < -0.39 is 35.5 Å². The molecule has 1 aliphatic heterocycles. The molecule has 0 aliphatic carbocycles. The average Bonchev–Trinajstić information content (AvgIpc) is 3.13. The summed E-state index contributed by atoms with van der Waals surface area (Å²) in [5.41, 5.74) is -0.122. The summed E-state index contributed by atoms with van der Waals surface area (Å²) >= 11 is 0. The maximum Gasteiger partial charge on any atom is 0.309 e. The lowest BCUT2D eigenvalue weighted by atomic mass is 9.92. The second kappa shape index (κ2) is 8.47. The molecule has 2 heterocycles. The summed E-state index contributed by atoms with van der Waals surface area (Å²) in [7, 11) is 0. The number of halogens is 2. The van der Waals surface area contributed by atoms with Gasteiger partial charge < -0.3 is 19.8 Å². The summed E-state index contributed by atoms with van der Waals surface area (Å²) in [6, 6.07) is 3.67. The normalized spacial score (nSPS) is 20.1. The van der Waals surface area contributed by atoms with Gasteiger partial charge in [-0.15, -0.1) is 0 Å². The molecule has 1 amide bonds. The zero-order chi connectivity index (χ0) is 20.3. The van der Waals surface area contributed by atoms with Gasteiger partial charge >= 0.3 is 5.97 Å². The quantitative estimate of drug-likeness (QED) is 0.783. The van der Waals surface area contributed by atoms with Crippen molar-refractivity contribution in [2.75, 3.05) is 19.6 Å². The SMILES string of the molecule is CCCN1CC[C@H](NC(=O)c2cc(-c3ccc(F)cc3F)on2)[C@@H](C(=O)O)C1. The standard InChI is InChI=1S/C19H21F2N3O4/c1-2-6-24-7-5-15(13(10-24)19(26)27)22-18(25)16-9-17(28-23-16)12-4-3-11(20)8-14(12)21/h3-4,8-9,13,15H,2,5-7,10H2,1H3,(H,22,25)(H,26,27)/t13-,15-/m0/s1. The van der Waals surface area contributed by atoms with Gasteiger partial charge in [0.1, 0.15) is 11.6 Å². The second-order valence-corrected chi connectivity index (χ2v) is 6.81. The third-order valence-corrected chi connectivity index (χ3v) is 4.81. The number of rotatable bonds is 6. The molecule has 3 rings (SSSR count). The molecule has 150 valence electrons. The number of aromatic nitrogens is 1. The summed E-state index contributed by atoms with van der Waals surface area (Å²) in [4.78, 5) is 26.1. The van der Waals surface area contributed by atoms with Crippen LogP contribution in [0, 0.1) is 17.6 Å². The van der Waals surface area contributed by atoms with Gasteiger partial charge in [-0.05, 0) is 31.5 Å². The molecule has 0 saturated carbocycles. The summed E-state index contributed by atoms with van der Waals surface area (Å²) in [5, 5.41) is 15.8. The van der Waals surface area contributed by atoms with Crippen LogP contribution in [0.15, 0.2) is 28.8 Å². The van der Waals surface area contributed by atoms with Crippen molar-refractivity contribution in [3.63, 3.8) is 0 Å². The summed E-state index contributed by atoms with van der Waals surface area (Å²) < 4.78 is 31.9. The topological polar surface area (TPSA) is 95.7 Å². The number of likely N-dealkylation sites (tertiary alicyclic amines) is 1. The fourth-order valence-corrected chi connectivity index (χ4v) is 3.40. The molecule has 0 bridgehead atoms. The number of carbonyl (C=O) groups excluding carboxylic acids is 1. The van der Waals surface area contributed by atoms with Gasteiger partial charge in [0.2, 0.25) is 0 Å². The molecule has 7 nitrogen and oxygen atoms in total. The highest BCUT2D eigenvalue weighted by molar-refractivity contribution is 5.93. The van der Waals surface area contributed by atoms with Gasteiger partial charge in [-0.1, -0.05) is 12.1 Å². The van der Waals surface area contributed by atoms with Crippen LogP contribution in [0.2, 0.25) is 0 Å². The van der Waals surface area contributed by atoms with Gasteiger partial charge in [-0.2, -0.15) is 0 Å². The number of hydrogen-bond acceptors (Lipinski definition) is 5. The zero-order valence-electron chi connectivity index (χ0n) is 15.3. The number of carboxylic acid groups (broad SMARTS) is 1. The smallest absolute Gasteiger partial charge is 0.309 e. The molecular weight excluding hydrogens is 372 g/mol. The Morgan fingerprint density at radius 2 is 2.14 bits per heavy atom. The first kappa shape index (κ1) is 19.9. The van der Waals surface area contributed by atoms with Crippen LogP contribution < -0.4 is 5.32 Å². The van der Waals surface area contributed by atoms with E-state index >= 15 is 0 Å². The number of piperidine rings is 1. The Bertz CT molecular complexity index is 871. The molecule has 2 aromatic rings.